The molecule has 2 nitrogen and oxygen atoms in total. The molecule has 0 aliphatic heterocycles. The Morgan fingerprint density at radius 1 is 0.368 bits per heavy atom. The summed E-state index contributed by atoms with van der Waals surface area (Å²) in [4.78, 5) is 4.78. The van der Waals surface area contributed by atoms with Crippen molar-refractivity contribution in [1.82, 2.24) is 0 Å². The second-order valence-electron chi connectivity index (χ2n) is 20.5. The summed E-state index contributed by atoms with van der Waals surface area (Å²) in [6.45, 7) is 0. The predicted molar refractivity (Wildman–Crippen MR) is 323 cm³/mol. The number of allylic oxidation sites excluding steroid dienone is 8. The highest BCUT2D eigenvalue weighted by atomic mass is 15.2. The highest BCUT2D eigenvalue weighted by Crippen LogP contribution is 2.52. The zero-order chi connectivity index (χ0) is 50.4. The van der Waals surface area contributed by atoms with Gasteiger partial charge < -0.3 is 9.80 Å². The first-order valence-electron chi connectivity index (χ1n) is 27.0. The summed E-state index contributed by atoms with van der Waals surface area (Å²) in [5, 5.41) is 7.61. The topological polar surface area (TPSA) is 6.48 Å². The van der Waals surface area contributed by atoms with Crippen LogP contribution in [0.25, 0.3) is 71.3 Å². The first-order chi connectivity index (χ1) is 37.7. The molecule has 0 saturated carbocycles. The standard InChI is InChI=1S/C74H56N2/c1-6-22-51(23-7-1)69-50-70(52-38-43-60(44-39-52)75(56-25-8-2-9-26-56)57-27-10-3-11-28-57)73-66-37-21-20-36-65(66)71-49-55(68-48-54-24-16-17-33-62(54)63-34-18-19-35-64(63)68)42-47-67(71)74(73)72(69)53-40-45-61(46-41-53)76(58-29-12-4-13-30-58)59-31-14-5-15-32-59/h1-14,16,18-31,34-47,49-50,68H,15,17,32-33,48H2. The molecule has 0 radical (unpaired) electrons. The van der Waals surface area contributed by atoms with Crippen LogP contribution < -0.4 is 9.80 Å². The van der Waals surface area contributed by atoms with Crippen LogP contribution in [0.3, 0.4) is 0 Å². The zero-order valence-corrected chi connectivity index (χ0v) is 42.5. The number of hydrogen-bond donors (Lipinski definition) is 0. The quantitative estimate of drug-likeness (QED) is 0.126. The number of para-hydroxylation sites is 3. The van der Waals surface area contributed by atoms with E-state index in [0.717, 1.165) is 54.9 Å². The van der Waals surface area contributed by atoms with Crippen LogP contribution in [0.15, 0.2) is 284 Å². The fourth-order valence-electron chi connectivity index (χ4n) is 12.7. The van der Waals surface area contributed by atoms with Crippen LogP contribution in [0.4, 0.5) is 28.4 Å². The highest BCUT2D eigenvalue weighted by molar-refractivity contribution is 6.33. The van der Waals surface area contributed by atoms with Crippen LogP contribution in [-0.2, 0) is 0 Å². The molecule has 11 aromatic carbocycles. The first-order valence-corrected chi connectivity index (χ1v) is 27.0. The lowest BCUT2D eigenvalue weighted by molar-refractivity contribution is 0.779. The predicted octanol–water partition coefficient (Wildman–Crippen LogP) is 20.6. The van der Waals surface area contributed by atoms with Gasteiger partial charge in [0.05, 0.1) is 0 Å². The summed E-state index contributed by atoms with van der Waals surface area (Å²) >= 11 is 0. The van der Waals surface area contributed by atoms with Crippen molar-refractivity contribution in [2.24, 2.45) is 0 Å². The summed E-state index contributed by atoms with van der Waals surface area (Å²) in [5.74, 6) is 0.252. The number of nitrogens with zero attached hydrogens (tertiary/aromatic N) is 2. The molecule has 0 amide bonds. The van der Waals surface area contributed by atoms with E-state index in [1.807, 2.05) is 0 Å². The molecule has 2 heteroatoms. The van der Waals surface area contributed by atoms with Crippen molar-refractivity contribution in [1.29, 1.82) is 0 Å². The Balaban J connectivity index is 1.03. The highest BCUT2D eigenvalue weighted by Gasteiger charge is 2.29. The smallest absolute Gasteiger partial charge is 0.0462 e. The summed E-state index contributed by atoms with van der Waals surface area (Å²) < 4.78 is 0. The van der Waals surface area contributed by atoms with Crippen LogP contribution >= 0.6 is 0 Å². The SMILES string of the molecule is C1=CCCC(N(c2ccccc2)c2ccc(-c3c(-c4ccccc4)cc(-c4ccc(N(c5ccccc5)c5ccccc5)cc4)c4c5ccccc5c5cc(C6CC7=C(CCC=C7)c7ccccc76)ccc5c34)cc2)=C1. The lowest BCUT2D eigenvalue weighted by Gasteiger charge is -2.31. The maximum absolute atomic E-state index is 2.55. The Labute approximate surface area is 446 Å². The average molecular weight is 973 g/mol. The fraction of sp³-hybridized carbons (Fsp3) is 0.0811. The second-order valence-corrected chi connectivity index (χ2v) is 20.5. The van der Waals surface area contributed by atoms with Gasteiger partial charge in [-0.3, -0.25) is 0 Å². The third-order valence-electron chi connectivity index (χ3n) is 16.1. The Kier molecular flexibility index (Phi) is 11.7. The molecule has 3 aliphatic carbocycles. The molecule has 0 aromatic heterocycles. The molecular formula is C74H56N2. The van der Waals surface area contributed by atoms with E-state index in [1.54, 1.807) is 0 Å². The van der Waals surface area contributed by atoms with Gasteiger partial charge in [-0.15, -0.1) is 0 Å². The van der Waals surface area contributed by atoms with Gasteiger partial charge in [-0.1, -0.05) is 194 Å². The third kappa shape index (κ3) is 8.06. The maximum Gasteiger partial charge on any atom is 0.0462 e. The van der Waals surface area contributed by atoms with Gasteiger partial charge in [0.15, 0.2) is 0 Å². The lowest BCUT2D eigenvalue weighted by Crippen LogP contribution is -2.17. The molecule has 1 atom stereocenters. The Bertz CT molecular complexity index is 4050. The van der Waals surface area contributed by atoms with E-state index in [-0.39, 0.29) is 5.92 Å². The number of anilines is 5. The van der Waals surface area contributed by atoms with Gasteiger partial charge in [-0.2, -0.15) is 0 Å². The van der Waals surface area contributed by atoms with Crippen molar-refractivity contribution in [3.05, 3.63) is 301 Å². The molecule has 0 N–H and O–H groups in total. The van der Waals surface area contributed by atoms with Gasteiger partial charge >= 0.3 is 0 Å². The maximum atomic E-state index is 2.55. The van der Waals surface area contributed by atoms with Crippen LogP contribution in [0.2, 0.25) is 0 Å². The lowest BCUT2D eigenvalue weighted by atomic mass is 9.73. The molecule has 0 spiro atoms. The molecule has 14 rings (SSSR count). The molecular weight excluding hydrogens is 917 g/mol. The van der Waals surface area contributed by atoms with Gasteiger partial charge in [0.1, 0.15) is 0 Å². The van der Waals surface area contributed by atoms with E-state index < -0.39 is 0 Å². The first kappa shape index (κ1) is 45.4. The summed E-state index contributed by atoms with van der Waals surface area (Å²) in [6, 6.07) is 90.3. The van der Waals surface area contributed by atoms with Crippen LogP contribution in [-0.4, -0.2) is 0 Å². The van der Waals surface area contributed by atoms with Gasteiger partial charge in [0.2, 0.25) is 0 Å². The van der Waals surface area contributed by atoms with E-state index in [4.69, 9.17) is 0 Å². The Morgan fingerprint density at radius 3 is 1.61 bits per heavy atom. The zero-order valence-electron chi connectivity index (χ0n) is 42.5. The van der Waals surface area contributed by atoms with Crippen molar-refractivity contribution in [2.75, 3.05) is 9.80 Å². The van der Waals surface area contributed by atoms with E-state index >= 15 is 0 Å². The Morgan fingerprint density at radius 2 is 0.921 bits per heavy atom. The fourth-order valence-corrected chi connectivity index (χ4v) is 12.7. The minimum Gasteiger partial charge on any atom is -0.314 e. The van der Waals surface area contributed by atoms with Gasteiger partial charge in [-0.05, 0) is 205 Å². The van der Waals surface area contributed by atoms with Crippen molar-refractivity contribution in [2.45, 2.75) is 38.0 Å². The Hall–Kier alpha value is -9.24. The average Bonchev–Trinajstić information content (AvgIpc) is 3.53. The minimum atomic E-state index is 0.252. The third-order valence-corrected chi connectivity index (χ3v) is 16.1. The van der Waals surface area contributed by atoms with Gasteiger partial charge in [0, 0.05) is 40.1 Å². The number of rotatable bonds is 10. The molecule has 11 aromatic rings. The monoisotopic (exact) mass is 972 g/mol. The summed E-state index contributed by atoms with van der Waals surface area (Å²) in [6.07, 6.45) is 16.8. The van der Waals surface area contributed by atoms with Crippen molar-refractivity contribution in [3.8, 4) is 33.4 Å². The molecule has 0 bridgehead atoms. The van der Waals surface area contributed by atoms with Crippen LogP contribution in [0.1, 0.15) is 54.7 Å². The van der Waals surface area contributed by atoms with E-state index in [0.29, 0.717) is 0 Å². The molecule has 1 unspecified atom stereocenters. The molecule has 76 heavy (non-hydrogen) atoms. The van der Waals surface area contributed by atoms with Gasteiger partial charge in [0.25, 0.3) is 0 Å². The second kappa shape index (κ2) is 19.6. The molecule has 3 aliphatic rings. The van der Waals surface area contributed by atoms with Crippen molar-refractivity contribution < 1.29 is 0 Å². The molecule has 0 saturated heterocycles. The number of fused-ring (bicyclic) bond motifs is 8. The molecule has 362 valence electrons. The summed E-state index contributed by atoms with van der Waals surface area (Å²) in [5.41, 5.74) is 21.4. The minimum absolute atomic E-state index is 0.252. The molecule has 0 fully saturated rings. The normalized spacial score (nSPS) is 14.9. The largest absolute Gasteiger partial charge is 0.314 e. The molecule has 0 heterocycles. The summed E-state index contributed by atoms with van der Waals surface area (Å²) in [7, 11) is 0. The van der Waals surface area contributed by atoms with Crippen LogP contribution in [0.5, 0.6) is 0 Å². The van der Waals surface area contributed by atoms with Crippen molar-refractivity contribution >= 4 is 66.3 Å². The van der Waals surface area contributed by atoms with Crippen molar-refractivity contribution in [3.63, 3.8) is 0 Å². The number of benzene rings is 11. The van der Waals surface area contributed by atoms with E-state index in [1.165, 1.54) is 105 Å². The van der Waals surface area contributed by atoms with E-state index in [2.05, 4.69) is 283 Å². The van der Waals surface area contributed by atoms with Crippen LogP contribution in [0, 0.1) is 0 Å². The van der Waals surface area contributed by atoms with Gasteiger partial charge in [-0.25, -0.2) is 0 Å². The number of hydrogen-bond acceptors (Lipinski definition) is 2. The van der Waals surface area contributed by atoms with E-state index in [9.17, 15) is 0 Å².